The van der Waals surface area contributed by atoms with Gasteiger partial charge in [0, 0.05) is 31.6 Å². The molecule has 7 heteroatoms. The molecule has 4 N–H and O–H groups in total. The molecule has 0 spiro atoms. The number of amides is 3. The Morgan fingerprint density at radius 2 is 1.96 bits per heavy atom. The lowest BCUT2D eigenvalue weighted by molar-refractivity contribution is -0.140. The summed E-state index contributed by atoms with van der Waals surface area (Å²) in [5.74, 6) is -0.560. The lowest BCUT2D eigenvalue weighted by Crippen LogP contribution is -2.53. The highest BCUT2D eigenvalue weighted by Gasteiger charge is 2.32. The molecule has 1 fully saturated rings. The normalized spacial score (nSPS) is 19.9. The molecule has 132 valence electrons. The molecule has 0 saturated carbocycles. The van der Waals surface area contributed by atoms with Gasteiger partial charge in [-0.05, 0) is 19.8 Å². The van der Waals surface area contributed by atoms with E-state index >= 15 is 0 Å². The third-order valence-corrected chi connectivity index (χ3v) is 3.95. The summed E-state index contributed by atoms with van der Waals surface area (Å²) < 4.78 is 0. The summed E-state index contributed by atoms with van der Waals surface area (Å²) in [6.45, 7) is 8.96. The summed E-state index contributed by atoms with van der Waals surface area (Å²) in [6, 6.07) is -0.590. The van der Waals surface area contributed by atoms with E-state index in [0.29, 0.717) is 26.2 Å². The van der Waals surface area contributed by atoms with Crippen LogP contribution in [0, 0.1) is 11.3 Å². The van der Waals surface area contributed by atoms with Crippen molar-refractivity contribution in [3.63, 3.8) is 0 Å². The monoisotopic (exact) mass is 326 g/mol. The summed E-state index contributed by atoms with van der Waals surface area (Å²) in [4.78, 5) is 38.2. The van der Waals surface area contributed by atoms with Gasteiger partial charge in [0.2, 0.25) is 17.7 Å². The quantitative estimate of drug-likeness (QED) is 0.653. The summed E-state index contributed by atoms with van der Waals surface area (Å²) in [5.41, 5.74) is 4.84. The van der Waals surface area contributed by atoms with Gasteiger partial charge in [0.15, 0.2) is 0 Å². The molecule has 0 aromatic carbocycles. The number of hydrogen-bond donors (Lipinski definition) is 3. The topological polar surface area (TPSA) is 105 Å². The second-order valence-electron chi connectivity index (χ2n) is 7.15. The van der Waals surface area contributed by atoms with Crippen molar-refractivity contribution < 1.29 is 14.4 Å². The highest BCUT2D eigenvalue weighted by Crippen LogP contribution is 2.18. The molecule has 1 aliphatic rings. The number of nitrogens with two attached hydrogens (primary N) is 1. The van der Waals surface area contributed by atoms with Crippen molar-refractivity contribution in [1.29, 1.82) is 0 Å². The maximum atomic E-state index is 12.5. The predicted molar refractivity (Wildman–Crippen MR) is 88.4 cm³/mol. The first-order chi connectivity index (χ1) is 10.7. The molecular formula is C16H30N4O3. The van der Waals surface area contributed by atoms with Crippen molar-refractivity contribution in [2.75, 3.05) is 26.2 Å². The Bertz CT molecular complexity index is 445. The van der Waals surface area contributed by atoms with Gasteiger partial charge in [-0.3, -0.25) is 14.4 Å². The molecule has 23 heavy (non-hydrogen) atoms. The zero-order chi connectivity index (χ0) is 17.6. The second-order valence-corrected chi connectivity index (χ2v) is 7.15. The standard InChI is InChI=1S/C16H30N4O3/c1-11(19-15(23)16(2,3)4)14(22)20-9-5-6-12(10-20)13(21)18-8-7-17/h11-12H,5-10,17H2,1-4H3,(H,18,21)(H,19,23). The minimum absolute atomic E-state index is 0.0562. The van der Waals surface area contributed by atoms with Crippen LogP contribution in [0.4, 0.5) is 0 Å². The van der Waals surface area contributed by atoms with E-state index in [2.05, 4.69) is 10.6 Å². The Morgan fingerprint density at radius 1 is 1.30 bits per heavy atom. The Labute approximate surface area is 138 Å². The van der Waals surface area contributed by atoms with Gasteiger partial charge in [-0.2, -0.15) is 0 Å². The molecule has 0 bridgehead atoms. The van der Waals surface area contributed by atoms with Crippen LogP contribution in [0.15, 0.2) is 0 Å². The van der Waals surface area contributed by atoms with Gasteiger partial charge in [0.05, 0.1) is 5.92 Å². The fourth-order valence-corrected chi connectivity index (χ4v) is 2.48. The summed E-state index contributed by atoms with van der Waals surface area (Å²) in [7, 11) is 0. The second kappa shape index (κ2) is 8.29. The highest BCUT2D eigenvalue weighted by molar-refractivity contribution is 5.89. The van der Waals surface area contributed by atoms with Crippen LogP contribution in [0.2, 0.25) is 0 Å². The fraction of sp³-hybridized carbons (Fsp3) is 0.812. The third kappa shape index (κ3) is 5.82. The largest absolute Gasteiger partial charge is 0.355 e. The molecule has 3 amide bonds. The van der Waals surface area contributed by atoms with Crippen LogP contribution < -0.4 is 16.4 Å². The van der Waals surface area contributed by atoms with Crippen molar-refractivity contribution in [2.45, 2.75) is 46.6 Å². The van der Waals surface area contributed by atoms with Gasteiger partial charge < -0.3 is 21.3 Å². The van der Waals surface area contributed by atoms with Crippen LogP contribution in [-0.4, -0.2) is 54.8 Å². The SMILES string of the molecule is CC(NC(=O)C(C)(C)C)C(=O)N1CCCC(C(=O)NCCN)C1. The lowest BCUT2D eigenvalue weighted by Gasteiger charge is -2.34. The third-order valence-electron chi connectivity index (χ3n) is 3.95. The van der Waals surface area contributed by atoms with Crippen molar-refractivity contribution in [2.24, 2.45) is 17.1 Å². The summed E-state index contributed by atoms with van der Waals surface area (Å²) >= 11 is 0. The molecule has 2 unspecified atom stereocenters. The molecule has 0 aromatic heterocycles. The number of rotatable bonds is 5. The molecule has 0 aliphatic carbocycles. The van der Waals surface area contributed by atoms with Crippen LogP contribution in [0.25, 0.3) is 0 Å². The molecule has 7 nitrogen and oxygen atoms in total. The van der Waals surface area contributed by atoms with Crippen molar-refractivity contribution >= 4 is 17.7 Å². The minimum atomic E-state index is -0.590. The Hall–Kier alpha value is -1.63. The molecular weight excluding hydrogens is 296 g/mol. The van der Waals surface area contributed by atoms with E-state index in [1.165, 1.54) is 0 Å². The average Bonchev–Trinajstić information content (AvgIpc) is 2.50. The van der Waals surface area contributed by atoms with Crippen LogP contribution in [-0.2, 0) is 14.4 Å². The van der Waals surface area contributed by atoms with Gasteiger partial charge >= 0.3 is 0 Å². The van der Waals surface area contributed by atoms with Crippen LogP contribution in [0.3, 0.4) is 0 Å². The van der Waals surface area contributed by atoms with E-state index in [0.717, 1.165) is 12.8 Å². The summed E-state index contributed by atoms with van der Waals surface area (Å²) in [5, 5.41) is 5.52. The van der Waals surface area contributed by atoms with Gasteiger partial charge in [-0.1, -0.05) is 20.8 Å². The maximum Gasteiger partial charge on any atom is 0.244 e. The Kier molecular flexibility index (Phi) is 7.00. The van der Waals surface area contributed by atoms with E-state index in [-0.39, 0.29) is 23.6 Å². The molecule has 1 rings (SSSR count). The minimum Gasteiger partial charge on any atom is -0.355 e. The summed E-state index contributed by atoms with van der Waals surface area (Å²) in [6.07, 6.45) is 1.55. The van der Waals surface area contributed by atoms with Crippen molar-refractivity contribution in [1.82, 2.24) is 15.5 Å². The number of carbonyl (C=O) groups excluding carboxylic acids is 3. The van der Waals surface area contributed by atoms with Crippen molar-refractivity contribution in [3.05, 3.63) is 0 Å². The first-order valence-electron chi connectivity index (χ1n) is 8.24. The van der Waals surface area contributed by atoms with Crippen LogP contribution in [0.5, 0.6) is 0 Å². The van der Waals surface area contributed by atoms with E-state index in [9.17, 15) is 14.4 Å². The van der Waals surface area contributed by atoms with E-state index < -0.39 is 11.5 Å². The van der Waals surface area contributed by atoms with Gasteiger partial charge in [0.1, 0.15) is 6.04 Å². The number of nitrogens with zero attached hydrogens (tertiary/aromatic N) is 1. The predicted octanol–water partition coefficient (Wildman–Crippen LogP) is -0.149. The fourth-order valence-electron chi connectivity index (χ4n) is 2.48. The van der Waals surface area contributed by atoms with Crippen LogP contribution in [0.1, 0.15) is 40.5 Å². The first-order valence-corrected chi connectivity index (χ1v) is 8.24. The van der Waals surface area contributed by atoms with E-state index in [4.69, 9.17) is 5.73 Å². The number of nitrogens with one attached hydrogen (secondary N) is 2. The first kappa shape index (κ1) is 19.4. The van der Waals surface area contributed by atoms with E-state index in [1.807, 2.05) is 0 Å². The van der Waals surface area contributed by atoms with Gasteiger partial charge in [0.25, 0.3) is 0 Å². The molecule has 1 saturated heterocycles. The smallest absolute Gasteiger partial charge is 0.244 e. The van der Waals surface area contributed by atoms with Crippen molar-refractivity contribution in [3.8, 4) is 0 Å². The Morgan fingerprint density at radius 3 is 2.52 bits per heavy atom. The molecule has 1 heterocycles. The van der Waals surface area contributed by atoms with Gasteiger partial charge in [-0.15, -0.1) is 0 Å². The molecule has 2 atom stereocenters. The zero-order valence-electron chi connectivity index (χ0n) is 14.6. The Balaban J connectivity index is 2.58. The molecule has 0 aromatic rings. The molecule has 0 radical (unpaired) electrons. The maximum absolute atomic E-state index is 12.5. The van der Waals surface area contributed by atoms with Gasteiger partial charge in [-0.25, -0.2) is 0 Å². The highest BCUT2D eigenvalue weighted by atomic mass is 16.2. The number of carbonyl (C=O) groups is 3. The average molecular weight is 326 g/mol. The number of piperidine rings is 1. The molecule has 1 aliphatic heterocycles. The van der Waals surface area contributed by atoms with E-state index in [1.54, 1.807) is 32.6 Å². The number of hydrogen-bond acceptors (Lipinski definition) is 4. The number of likely N-dealkylation sites (tertiary alicyclic amines) is 1. The van der Waals surface area contributed by atoms with Crippen LogP contribution >= 0.6 is 0 Å². The lowest BCUT2D eigenvalue weighted by atomic mass is 9.94. The zero-order valence-corrected chi connectivity index (χ0v) is 14.6.